The summed E-state index contributed by atoms with van der Waals surface area (Å²) in [6.07, 6.45) is 10.8. The fraction of sp³-hybridized carbons (Fsp3) is 1.00. The third-order valence-corrected chi connectivity index (χ3v) is 4.21. The molecular weight excluding hydrogens is 208 g/mol. The summed E-state index contributed by atoms with van der Waals surface area (Å²) in [5.41, 5.74) is 0.0954. The first-order valence-electron chi connectivity index (χ1n) is 7.74. The third kappa shape index (κ3) is 7.08. The molecular formula is C16H34O. The minimum atomic E-state index is 0.0954. The van der Waals surface area contributed by atoms with E-state index >= 15 is 0 Å². The lowest BCUT2D eigenvalue weighted by molar-refractivity contribution is -0.0688. The molecule has 0 heterocycles. The highest BCUT2D eigenvalue weighted by Crippen LogP contribution is 2.29. The molecule has 0 aliphatic heterocycles. The Morgan fingerprint density at radius 3 is 2.06 bits per heavy atom. The lowest BCUT2D eigenvalue weighted by Crippen LogP contribution is -2.35. The van der Waals surface area contributed by atoms with Crippen LogP contribution >= 0.6 is 0 Å². The number of ether oxygens (including phenoxy) is 1. The highest BCUT2D eigenvalue weighted by atomic mass is 16.5. The van der Waals surface area contributed by atoms with Crippen molar-refractivity contribution in [2.24, 2.45) is 5.92 Å². The van der Waals surface area contributed by atoms with Gasteiger partial charge in [0, 0.05) is 6.61 Å². The van der Waals surface area contributed by atoms with Crippen LogP contribution in [0.25, 0.3) is 0 Å². The summed E-state index contributed by atoms with van der Waals surface area (Å²) in [6.45, 7) is 12.1. The number of rotatable bonds is 11. The zero-order valence-electron chi connectivity index (χ0n) is 12.8. The van der Waals surface area contributed by atoms with Gasteiger partial charge in [0.2, 0.25) is 0 Å². The number of hydrogen-bond acceptors (Lipinski definition) is 1. The molecule has 0 saturated heterocycles. The van der Waals surface area contributed by atoms with Gasteiger partial charge in [-0.2, -0.15) is 0 Å². The third-order valence-electron chi connectivity index (χ3n) is 4.21. The largest absolute Gasteiger partial charge is 0.375 e. The monoisotopic (exact) mass is 242 g/mol. The van der Waals surface area contributed by atoms with E-state index in [1.54, 1.807) is 0 Å². The van der Waals surface area contributed by atoms with Gasteiger partial charge in [-0.1, -0.05) is 59.3 Å². The molecule has 0 fully saturated rings. The molecule has 2 unspecified atom stereocenters. The molecule has 1 nitrogen and oxygen atoms in total. The van der Waals surface area contributed by atoms with Crippen molar-refractivity contribution in [2.75, 3.05) is 6.61 Å². The molecule has 2 atom stereocenters. The summed E-state index contributed by atoms with van der Waals surface area (Å²) in [4.78, 5) is 0. The maximum atomic E-state index is 5.94. The van der Waals surface area contributed by atoms with E-state index in [1.807, 2.05) is 0 Å². The Morgan fingerprint density at radius 1 is 0.941 bits per heavy atom. The van der Waals surface area contributed by atoms with Gasteiger partial charge in [-0.05, 0) is 32.6 Å². The zero-order chi connectivity index (χ0) is 13.1. The van der Waals surface area contributed by atoms with Gasteiger partial charge >= 0.3 is 0 Å². The van der Waals surface area contributed by atoms with Crippen LogP contribution in [-0.2, 0) is 4.74 Å². The Balaban J connectivity index is 3.71. The average molecular weight is 242 g/mol. The quantitative estimate of drug-likeness (QED) is 0.430. The lowest BCUT2D eigenvalue weighted by atomic mass is 9.84. The van der Waals surface area contributed by atoms with Gasteiger partial charge in [0.15, 0.2) is 0 Å². The minimum absolute atomic E-state index is 0.0954. The first-order chi connectivity index (χ1) is 8.10. The van der Waals surface area contributed by atoms with Gasteiger partial charge in [0.25, 0.3) is 0 Å². The van der Waals surface area contributed by atoms with E-state index in [1.165, 1.54) is 44.9 Å². The van der Waals surface area contributed by atoms with Gasteiger partial charge in [-0.15, -0.1) is 0 Å². The predicted octanol–water partition coefficient (Wildman–Crippen LogP) is 5.58. The Hall–Kier alpha value is -0.0400. The second-order valence-corrected chi connectivity index (χ2v) is 5.56. The van der Waals surface area contributed by atoms with Crippen molar-refractivity contribution in [1.82, 2.24) is 0 Å². The van der Waals surface area contributed by atoms with Crippen LogP contribution in [0.5, 0.6) is 0 Å². The Morgan fingerprint density at radius 2 is 1.53 bits per heavy atom. The first kappa shape index (κ1) is 17.0. The summed E-state index contributed by atoms with van der Waals surface area (Å²) >= 11 is 0. The molecule has 0 aromatic carbocycles. The van der Waals surface area contributed by atoms with Gasteiger partial charge in [-0.3, -0.25) is 0 Å². The summed E-state index contributed by atoms with van der Waals surface area (Å²) in [5, 5.41) is 0. The van der Waals surface area contributed by atoms with Crippen molar-refractivity contribution >= 4 is 0 Å². The highest BCUT2D eigenvalue weighted by molar-refractivity contribution is 4.79. The average Bonchev–Trinajstić information content (AvgIpc) is 2.33. The van der Waals surface area contributed by atoms with Crippen LogP contribution in [0.2, 0.25) is 0 Å². The molecule has 17 heavy (non-hydrogen) atoms. The number of hydrogen-bond donors (Lipinski definition) is 0. The summed E-state index contributed by atoms with van der Waals surface area (Å²) in [6, 6.07) is 0. The van der Waals surface area contributed by atoms with Gasteiger partial charge in [-0.25, -0.2) is 0 Å². The van der Waals surface area contributed by atoms with Gasteiger partial charge < -0.3 is 4.74 Å². The zero-order valence-corrected chi connectivity index (χ0v) is 12.8. The lowest BCUT2D eigenvalue weighted by Gasteiger charge is -2.34. The van der Waals surface area contributed by atoms with Crippen LogP contribution < -0.4 is 0 Å². The van der Waals surface area contributed by atoms with E-state index < -0.39 is 0 Å². The van der Waals surface area contributed by atoms with Gasteiger partial charge in [0.1, 0.15) is 0 Å². The second-order valence-electron chi connectivity index (χ2n) is 5.56. The van der Waals surface area contributed by atoms with Crippen molar-refractivity contribution in [2.45, 2.75) is 91.6 Å². The maximum absolute atomic E-state index is 5.94. The summed E-state index contributed by atoms with van der Waals surface area (Å²) in [5.74, 6) is 0.679. The topological polar surface area (TPSA) is 9.23 Å². The molecule has 1 heteroatoms. The second kappa shape index (κ2) is 9.94. The Labute approximate surface area is 109 Å². The van der Waals surface area contributed by atoms with Crippen LogP contribution in [0.4, 0.5) is 0 Å². The normalized spacial score (nSPS) is 16.8. The number of unbranched alkanes of at least 4 members (excludes halogenated alkanes) is 5. The smallest absolute Gasteiger partial charge is 0.0677 e. The van der Waals surface area contributed by atoms with Crippen LogP contribution in [0.1, 0.15) is 86.0 Å². The fourth-order valence-corrected chi connectivity index (χ4v) is 2.46. The van der Waals surface area contributed by atoms with E-state index in [2.05, 4.69) is 34.6 Å². The van der Waals surface area contributed by atoms with Crippen molar-refractivity contribution in [3.05, 3.63) is 0 Å². The molecule has 104 valence electrons. The molecule has 0 spiro atoms. The van der Waals surface area contributed by atoms with Crippen molar-refractivity contribution in [3.8, 4) is 0 Å². The van der Waals surface area contributed by atoms with Crippen LogP contribution in [0.15, 0.2) is 0 Å². The molecule has 0 saturated carbocycles. The van der Waals surface area contributed by atoms with E-state index in [4.69, 9.17) is 4.74 Å². The molecule has 0 rings (SSSR count). The molecule has 0 amide bonds. The van der Waals surface area contributed by atoms with Gasteiger partial charge in [0.05, 0.1) is 5.60 Å². The van der Waals surface area contributed by atoms with Crippen molar-refractivity contribution in [3.63, 3.8) is 0 Å². The van der Waals surface area contributed by atoms with E-state index in [9.17, 15) is 0 Å². The minimum Gasteiger partial charge on any atom is -0.375 e. The molecule has 0 aliphatic carbocycles. The first-order valence-corrected chi connectivity index (χ1v) is 7.74. The highest BCUT2D eigenvalue weighted by Gasteiger charge is 2.28. The molecule has 0 bridgehead atoms. The van der Waals surface area contributed by atoms with E-state index in [-0.39, 0.29) is 5.60 Å². The Kier molecular flexibility index (Phi) is 9.91. The molecule has 0 N–H and O–H groups in total. The molecule has 0 radical (unpaired) electrons. The summed E-state index contributed by atoms with van der Waals surface area (Å²) < 4.78 is 5.94. The van der Waals surface area contributed by atoms with Crippen LogP contribution in [0.3, 0.4) is 0 Å². The molecule has 0 aliphatic rings. The SMILES string of the molecule is CCCCCCCCC(C)C(C)(CC)OCC. The fourth-order valence-electron chi connectivity index (χ4n) is 2.46. The van der Waals surface area contributed by atoms with Crippen molar-refractivity contribution in [1.29, 1.82) is 0 Å². The standard InChI is InChI=1S/C16H34O/c1-6-9-10-11-12-13-14-15(4)16(5,7-2)17-8-3/h15H,6-14H2,1-5H3. The summed E-state index contributed by atoms with van der Waals surface area (Å²) in [7, 11) is 0. The Bertz CT molecular complexity index is 167. The van der Waals surface area contributed by atoms with Crippen LogP contribution in [0, 0.1) is 5.92 Å². The molecule has 0 aromatic rings. The maximum Gasteiger partial charge on any atom is 0.0677 e. The van der Waals surface area contributed by atoms with Crippen LogP contribution in [-0.4, -0.2) is 12.2 Å². The van der Waals surface area contributed by atoms with E-state index in [0.29, 0.717) is 5.92 Å². The van der Waals surface area contributed by atoms with Crippen molar-refractivity contribution < 1.29 is 4.74 Å². The molecule has 0 aromatic heterocycles. The predicted molar refractivity (Wildman–Crippen MR) is 77.5 cm³/mol. The van der Waals surface area contributed by atoms with E-state index in [0.717, 1.165) is 13.0 Å².